The van der Waals surface area contributed by atoms with Crippen molar-refractivity contribution in [2.45, 2.75) is 19.3 Å². The van der Waals surface area contributed by atoms with Crippen molar-refractivity contribution in [2.75, 3.05) is 6.54 Å². The van der Waals surface area contributed by atoms with Crippen molar-refractivity contribution >= 4 is 5.97 Å². The molecule has 5 nitrogen and oxygen atoms in total. The van der Waals surface area contributed by atoms with Gasteiger partial charge in [-0.3, -0.25) is 14.9 Å². The van der Waals surface area contributed by atoms with Crippen LogP contribution in [0.5, 0.6) is 0 Å². The number of nitrogens with zero attached hydrogens (tertiary/aromatic N) is 1. The first kappa shape index (κ1) is 10.1. The molecule has 1 N–H and O–H groups in total. The van der Waals surface area contributed by atoms with Crippen LogP contribution in [0.4, 0.5) is 0 Å². The first-order valence-electron chi connectivity index (χ1n) is 5.04. The highest BCUT2D eigenvalue weighted by Crippen LogP contribution is 2.58. The molecule has 0 aliphatic heterocycles. The fourth-order valence-corrected chi connectivity index (χ4v) is 3.09. The first-order valence-corrected chi connectivity index (χ1v) is 5.04. The van der Waals surface area contributed by atoms with E-state index in [0.29, 0.717) is 12.3 Å². The van der Waals surface area contributed by atoms with Gasteiger partial charge < -0.3 is 5.11 Å². The average molecular weight is 211 g/mol. The Morgan fingerprint density at radius 3 is 2.93 bits per heavy atom. The highest BCUT2D eigenvalue weighted by atomic mass is 16.6. The predicted octanol–water partition coefficient (Wildman–Crippen LogP) is 1.32. The van der Waals surface area contributed by atoms with Crippen LogP contribution in [-0.4, -0.2) is 22.5 Å². The van der Waals surface area contributed by atoms with Crippen molar-refractivity contribution in [3.63, 3.8) is 0 Å². The largest absolute Gasteiger partial charge is 0.481 e. The second kappa shape index (κ2) is 3.32. The van der Waals surface area contributed by atoms with Crippen molar-refractivity contribution in [1.82, 2.24) is 0 Å². The quantitative estimate of drug-likeness (QED) is 0.432. The van der Waals surface area contributed by atoms with E-state index in [1.165, 1.54) is 0 Å². The lowest BCUT2D eigenvalue weighted by molar-refractivity contribution is -0.505. The van der Waals surface area contributed by atoms with Crippen LogP contribution in [0, 0.1) is 27.4 Å². The zero-order valence-electron chi connectivity index (χ0n) is 8.26. The molecule has 0 aromatic carbocycles. The third kappa shape index (κ3) is 1.62. The molecule has 0 unspecified atom stereocenters. The number of carbonyl (C=O) groups is 1. The Hall–Kier alpha value is -1.39. The number of nitro groups is 1. The molecule has 2 aliphatic rings. The lowest BCUT2D eigenvalue weighted by Crippen LogP contribution is -2.50. The van der Waals surface area contributed by atoms with Gasteiger partial charge in [-0.25, -0.2) is 0 Å². The van der Waals surface area contributed by atoms with E-state index in [0.717, 1.165) is 6.42 Å². The maximum absolute atomic E-state index is 10.7. The summed E-state index contributed by atoms with van der Waals surface area (Å²) in [6, 6.07) is 0. The van der Waals surface area contributed by atoms with Crippen molar-refractivity contribution in [2.24, 2.45) is 17.3 Å². The summed E-state index contributed by atoms with van der Waals surface area (Å²) in [6.07, 6.45) is 5.51. The summed E-state index contributed by atoms with van der Waals surface area (Å²) >= 11 is 0. The van der Waals surface area contributed by atoms with Crippen LogP contribution in [0.3, 0.4) is 0 Å². The molecule has 1 saturated carbocycles. The predicted molar refractivity (Wildman–Crippen MR) is 51.9 cm³/mol. The molecule has 5 heteroatoms. The Labute approximate surface area is 86.9 Å². The molecule has 3 atom stereocenters. The third-order valence-electron chi connectivity index (χ3n) is 3.61. The molecule has 0 aromatic heterocycles. The number of carboxylic acid groups (broad SMARTS) is 1. The summed E-state index contributed by atoms with van der Waals surface area (Å²) in [5.41, 5.74) is -0.618. The first-order chi connectivity index (χ1) is 7.03. The lowest BCUT2D eigenvalue weighted by atomic mass is 9.53. The lowest BCUT2D eigenvalue weighted by Gasteiger charge is -2.48. The average Bonchev–Trinajstić information content (AvgIpc) is 2.44. The Bertz CT molecular complexity index is 320. The maximum atomic E-state index is 10.7. The fourth-order valence-electron chi connectivity index (χ4n) is 3.09. The highest BCUT2D eigenvalue weighted by molar-refractivity contribution is 5.68. The van der Waals surface area contributed by atoms with Crippen LogP contribution in [0.25, 0.3) is 0 Å². The van der Waals surface area contributed by atoms with Gasteiger partial charge in [0.25, 0.3) is 0 Å². The Balaban J connectivity index is 2.13. The van der Waals surface area contributed by atoms with E-state index in [2.05, 4.69) is 0 Å². The summed E-state index contributed by atoms with van der Waals surface area (Å²) in [4.78, 5) is 20.9. The van der Waals surface area contributed by atoms with Crippen LogP contribution < -0.4 is 0 Å². The Kier molecular flexibility index (Phi) is 2.25. The monoisotopic (exact) mass is 211 g/mol. The molecule has 0 saturated heterocycles. The van der Waals surface area contributed by atoms with Crippen molar-refractivity contribution in [3.8, 4) is 0 Å². The molecule has 15 heavy (non-hydrogen) atoms. The van der Waals surface area contributed by atoms with E-state index in [-0.39, 0.29) is 23.8 Å². The second-order valence-electron chi connectivity index (χ2n) is 4.58. The van der Waals surface area contributed by atoms with E-state index in [1.54, 1.807) is 0 Å². The van der Waals surface area contributed by atoms with Gasteiger partial charge in [0, 0.05) is 4.92 Å². The number of carboxylic acids is 1. The summed E-state index contributed by atoms with van der Waals surface area (Å²) in [5.74, 6) is -0.376. The van der Waals surface area contributed by atoms with E-state index < -0.39 is 11.4 Å². The normalized spacial score (nSPS) is 37.1. The van der Waals surface area contributed by atoms with E-state index in [4.69, 9.17) is 5.11 Å². The number of rotatable bonds is 4. The van der Waals surface area contributed by atoms with Crippen molar-refractivity contribution in [3.05, 3.63) is 22.3 Å². The maximum Gasteiger partial charge on any atom is 0.304 e. The second-order valence-corrected chi connectivity index (χ2v) is 4.58. The number of hydrogen-bond donors (Lipinski definition) is 1. The number of fused-ring (bicyclic) bond motifs is 1. The van der Waals surface area contributed by atoms with E-state index in [1.807, 2.05) is 12.2 Å². The van der Waals surface area contributed by atoms with Gasteiger partial charge in [0.15, 0.2) is 0 Å². The molecule has 82 valence electrons. The molecule has 0 bridgehead atoms. The zero-order chi connectivity index (χ0) is 11.1. The van der Waals surface area contributed by atoms with Crippen molar-refractivity contribution in [1.29, 1.82) is 0 Å². The van der Waals surface area contributed by atoms with Crippen LogP contribution in [-0.2, 0) is 4.79 Å². The summed E-state index contributed by atoms with van der Waals surface area (Å²) in [7, 11) is 0. The molecular formula is C10H13NO4. The summed E-state index contributed by atoms with van der Waals surface area (Å²) in [6.45, 7) is -0.217. The number of hydrogen-bond acceptors (Lipinski definition) is 3. The smallest absolute Gasteiger partial charge is 0.304 e. The highest BCUT2D eigenvalue weighted by Gasteiger charge is 2.57. The van der Waals surface area contributed by atoms with Crippen LogP contribution in [0.2, 0.25) is 0 Å². The standard InChI is InChI=1S/C10H13NO4/c12-9(13)5-10(6-11(14)15)4-7-2-1-3-8(7)10/h1,3,7-8H,2,4-6H2,(H,12,13)/t7-,8-,10-/m0/s1. The Morgan fingerprint density at radius 1 is 1.67 bits per heavy atom. The van der Waals surface area contributed by atoms with Crippen molar-refractivity contribution < 1.29 is 14.8 Å². The third-order valence-corrected chi connectivity index (χ3v) is 3.61. The van der Waals surface area contributed by atoms with Crippen LogP contribution >= 0.6 is 0 Å². The molecule has 1 fully saturated rings. The number of allylic oxidation sites excluding steroid dienone is 2. The van der Waals surface area contributed by atoms with Crippen LogP contribution in [0.1, 0.15) is 19.3 Å². The molecule has 0 amide bonds. The van der Waals surface area contributed by atoms with E-state index >= 15 is 0 Å². The molecule has 0 heterocycles. The minimum absolute atomic E-state index is 0.0838. The van der Waals surface area contributed by atoms with Gasteiger partial charge in [-0.05, 0) is 24.7 Å². The Morgan fingerprint density at radius 2 is 2.40 bits per heavy atom. The van der Waals surface area contributed by atoms with Gasteiger partial charge in [0.05, 0.1) is 11.8 Å². The molecule has 0 spiro atoms. The van der Waals surface area contributed by atoms with Gasteiger partial charge in [-0.15, -0.1) is 0 Å². The minimum atomic E-state index is -0.935. The van der Waals surface area contributed by atoms with Gasteiger partial charge >= 0.3 is 5.97 Å². The molecule has 0 aromatic rings. The van der Waals surface area contributed by atoms with Gasteiger partial charge in [0.2, 0.25) is 6.54 Å². The van der Waals surface area contributed by atoms with Crippen LogP contribution in [0.15, 0.2) is 12.2 Å². The van der Waals surface area contributed by atoms with Gasteiger partial charge in [-0.2, -0.15) is 0 Å². The van der Waals surface area contributed by atoms with Gasteiger partial charge in [-0.1, -0.05) is 12.2 Å². The SMILES string of the molecule is O=C(O)C[C@]1(C[N+](=O)[O-])C[C@@H]2CC=C[C@@H]21. The minimum Gasteiger partial charge on any atom is -0.481 e. The van der Waals surface area contributed by atoms with Gasteiger partial charge in [0.1, 0.15) is 0 Å². The fraction of sp³-hybridized carbons (Fsp3) is 0.700. The van der Waals surface area contributed by atoms with E-state index in [9.17, 15) is 14.9 Å². The number of aliphatic carboxylic acids is 1. The molecule has 2 rings (SSSR count). The zero-order valence-corrected chi connectivity index (χ0v) is 8.26. The molecule has 2 aliphatic carbocycles. The molecular weight excluding hydrogens is 198 g/mol. The molecule has 0 radical (unpaired) electrons. The topological polar surface area (TPSA) is 80.4 Å². The summed E-state index contributed by atoms with van der Waals surface area (Å²) in [5, 5.41) is 19.4. The summed E-state index contributed by atoms with van der Waals surface area (Å²) < 4.78 is 0.